The highest BCUT2D eigenvalue weighted by Gasteiger charge is 2.38. The quantitative estimate of drug-likeness (QED) is 0.205. The third kappa shape index (κ3) is 3.97. The number of nitrogens with zero attached hydrogens (tertiary/aromatic N) is 4. The zero-order valence-electron chi connectivity index (χ0n) is 25.6. The van der Waals surface area contributed by atoms with Crippen LogP contribution in [0.5, 0.6) is 0 Å². The summed E-state index contributed by atoms with van der Waals surface area (Å²) in [5.41, 5.74) is 11.6. The Bertz CT molecular complexity index is 2370. The van der Waals surface area contributed by atoms with E-state index in [9.17, 15) is 0 Å². The molecule has 9 rings (SSSR count). The zero-order chi connectivity index (χ0) is 30.8. The average Bonchev–Trinajstić information content (AvgIpc) is 3.57. The molecule has 0 unspecified atom stereocenters. The fourth-order valence-electron chi connectivity index (χ4n) is 7.31. The van der Waals surface area contributed by atoms with E-state index in [1.807, 2.05) is 60.7 Å². The van der Waals surface area contributed by atoms with Crippen LogP contribution in [-0.2, 0) is 5.41 Å². The van der Waals surface area contributed by atoms with E-state index in [0.717, 1.165) is 27.9 Å². The molecule has 1 aliphatic rings. The molecule has 0 aliphatic heterocycles. The molecule has 0 atom stereocenters. The van der Waals surface area contributed by atoms with Crippen molar-refractivity contribution in [3.05, 3.63) is 157 Å². The van der Waals surface area contributed by atoms with Crippen LogP contribution in [-0.4, -0.2) is 19.5 Å². The molecule has 6 aromatic carbocycles. The Balaban J connectivity index is 1.35. The van der Waals surface area contributed by atoms with Crippen molar-refractivity contribution in [1.82, 2.24) is 19.5 Å². The molecular formula is C42H30N4. The summed E-state index contributed by atoms with van der Waals surface area (Å²) in [5, 5.41) is 2.47. The zero-order valence-corrected chi connectivity index (χ0v) is 25.6. The molecule has 46 heavy (non-hydrogen) atoms. The molecular weight excluding hydrogens is 560 g/mol. The van der Waals surface area contributed by atoms with Gasteiger partial charge in [-0.25, -0.2) is 15.0 Å². The fraction of sp³-hybridized carbons (Fsp3) is 0.0714. The lowest BCUT2D eigenvalue weighted by Gasteiger charge is -2.22. The lowest BCUT2D eigenvalue weighted by molar-refractivity contribution is 0.666. The van der Waals surface area contributed by atoms with Crippen molar-refractivity contribution >= 4 is 21.8 Å². The molecule has 4 heteroatoms. The highest BCUT2D eigenvalue weighted by atomic mass is 15.0. The van der Waals surface area contributed by atoms with Gasteiger partial charge in [0.15, 0.2) is 17.5 Å². The smallest absolute Gasteiger partial charge is 0.164 e. The SMILES string of the molecule is CC1(C)c2ccccc2-c2ccc3c(c21)c1cc(-c2nc(-c4ccccc4)nc(-c4ccccc4)n2)ccc1n3-c1ccccc1. The van der Waals surface area contributed by atoms with E-state index in [0.29, 0.717) is 17.5 Å². The second kappa shape index (κ2) is 10.1. The average molecular weight is 591 g/mol. The van der Waals surface area contributed by atoms with Gasteiger partial charge in [-0.05, 0) is 58.7 Å². The van der Waals surface area contributed by atoms with Crippen LogP contribution in [0.15, 0.2) is 146 Å². The summed E-state index contributed by atoms with van der Waals surface area (Å²) >= 11 is 0. The van der Waals surface area contributed by atoms with Crippen LogP contribution in [0.1, 0.15) is 25.0 Å². The van der Waals surface area contributed by atoms with Gasteiger partial charge in [-0.3, -0.25) is 0 Å². The van der Waals surface area contributed by atoms with Gasteiger partial charge in [-0.2, -0.15) is 0 Å². The summed E-state index contributed by atoms with van der Waals surface area (Å²) in [4.78, 5) is 15.0. The molecule has 0 fully saturated rings. The Hall–Kier alpha value is -5.87. The normalized spacial score (nSPS) is 13.2. The van der Waals surface area contributed by atoms with Crippen LogP contribution in [0, 0.1) is 0 Å². The third-order valence-electron chi connectivity index (χ3n) is 9.42. The van der Waals surface area contributed by atoms with Gasteiger partial charge in [0.2, 0.25) is 0 Å². The number of fused-ring (bicyclic) bond motifs is 7. The summed E-state index contributed by atoms with van der Waals surface area (Å²) < 4.78 is 2.39. The molecule has 218 valence electrons. The summed E-state index contributed by atoms with van der Waals surface area (Å²) in [6.07, 6.45) is 0. The van der Waals surface area contributed by atoms with Crippen molar-refractivity contribution in [1.29, 1.82) is 0 Å². The number of hydrogen-bond acceptors (Lipinski definition) is 3. The number of rotatable bonds is 4. The van der Waals surface area contributed by atoms with Gasteiger partial charge in [0.25, 0.3) is 0 Å². The third-order valence-corrected chi connectivity index (χ3v) is 9.42. The van der Waals surface area contributed by atoms with Gasteiger partial charge in [0.1, 0.15) is 0 Å². The van der Waals surface area contributed by atoms with Crippen molar-refractivity contribution < 1.29 is 0 Å². The monoisotopic (exact) mass is 590 g/mol. The maximum absolute atomic E-state index is 5.06. The van der Waals surface area contributed by atoms with Crippen LogP contribution in [0.3, 0.4) is 0 Å². The van der Waals surface area contributed by atoms with Crippen molar-refractivity contribution in [3.8, 4) is 51.0 Å². The number of hydrogen-bond donors (Lipinski definition) is 0. The molecule has 2 heterocycles. The Morgan fingerprint density at radius 3 is 1.67 bits per heavy atom. The van der Waals surface area contributed by atoms with Crippen molar-refractivity contribution in [2.75, 3.05) is 0 Å². The highest BCUT2D eigenvalue weighted by molar-refractivity contribution is 6.15. The van der Waals surface area contributed by atoms with E-state index >= 15 is 0 Å². The van der Waals surface area contributed by atoms with Gasteiger partial charge in [-0.15, -0.1) is 0 Å². The van der Waals surface area contributed by atoms with E-state index in [4.69, 9.17) is 15.0 Å². The van der Waals surface area contributed by atoms with Crippen LogP contribution in [0.4, 0.5) is 0 Å². The predicted molar refractivity (Wildman–Crippen MR) is 188 cm³/mol. The molecule has 0 saturated heterocycles. The van der Waals surface area contributed by atoms with Crippen molar-refractivity contribution in [3.63, 3.8) is 0 Å². The minimum atomic E-state index is -0.161. The molecule has 0 saturated carbocycles. The molecule has 0 amide bonds. The minimum absolute atomic E-state index is 0.161. The molecule has 2 aromatic heterocycles. The van der Waals surface area contributed by atoms with Gasteiger partial charge in [0, 0.05) is 38.6 Å². The first-order valence-electron chi connectivity index (χ1n) is 15.7. The number of aromatic nitrogens is 4. The lowest BCUT2D eigenvalue weighted by atomic mass is 9.80. The summed E-state index contributed by atoms with van der Waals surface area (Å²) in [5.74, 6) is 1.98. The van der Waals surface area contributed by atoms with Gasteiger partial charge >= 0.3 is 0 Å². The minimum Gasteiger partial charge on any atom is -0.309 e. The first-order valence-corrected chi connectivity index (χ1v) is 15.7. The lowest BCUT2D eigenvalue weighted by Crippen LogP contribution is -2.15. The first-order chi connectivity index (χ1) is 22.6. The Morgan fingerprint density at radius 2 is 1.02 bits per heavy atom. The van der Waals surface area contributed by atoms with Crippen molar-refractivity contribution in [2.45, 2.75) is 19.3 Å². The number of benzene rings is 6. The molecule has 0 N–H and O–H groups in total. The summed E-state index contributed by atoms with van der Waals surface area (Å²) in [6, 6.07) is 51.1. The topological polar surface area (TPSA) is 43.6 Å². The van der Waals surface area contributed by atoms with E-state index in [2.05, 4.69) is 103 Å². The second-order valence-electron chi connectivity index (χ2n) is 12.5. The molecule has 0 bridgehead atoms. The first kappa shape index (κ1) is 26.5. The van der Waals surface area contributed by atoms with Crippen LogP contribution in [0.25, 0.3) is 72.8 Å². The molecule has 4 nitrogen and oxygen atoms in total. The second-order valence-corrected chi connectivity index (χ2v) is 12.5. The Kier molecular flexibility index (Phi) is 5.81. The van der Waals surface area contributed by atoms with Gasteiger partial charge in [-0.1, -0.05) is 123 Å². The fourth-order valence-corrected chi connectivity index (χ4v) is 7.31. The highest BCUT2D eigenvalue weighted by Crippen LogP contribution is 2.53. The van der Waals surface area contributed by atoms with Gasteiger partial charge < -0.3 is 4.57 Å². The Morgan fingerprint density at radius 1 is 0.478 bits per heavy atom. The summed E-state index contributed by atoms with van der Waals surface area (Å²) in [6.45, 7) is 4.72. The molecule has 0 spiro atoms. The molecule has 8 aromatic rings. The van der Waals surface area contributed by atoms with E-state index in [-0.39, 0.29) is 5.41 Å². The van der Waals surface area contributed by atoms with Crippen LogP contribution < -0.4 is 0 Å². The van der Waals surface area contributed by atoms with E-state index in [1.165, 1.54) is 38.5 Å². The van der Waals surface area contributed by atoms with E-state index in [1.54, 1.807) is 0 Å². The largest absolute Gasteiger partial charge is 0.309 e. The maximum Gasteiger partial charge on any atom is 0.164 e. The van der Waals surface area contributed by atoms with Crippen molar-refractivity contribution in [2.24, 2.45) is 0 Å². The van der Waals surface area contributed by atoms with Crippen LogP contribution >= 0.6 is 0 Å². The summed E-state index contributed by atoms with van der Waals surface area (Å²) in [7, 11) is 0. The predicted octanol–water partition coefficient (Wildman–Crippen LogP) is 10.3. The maximum atomic E-state index is 5.06. The van der Waals surface area contributed by atoms with Gasteiger partial charge in [0.05, 0.1) is 11.0 Å². The molecule has 1 aliphatic carbocycles. The number of para-hydroxylation sites is 1. The standard InChI is InChI=1S/C42H30N4/c1-42(2)34-21-13-12-20-31(34)32-23-25-36-37(38(32)42)33-26-29(22-24-35(33)46(36)30-18-10-5-11-19-30)41-44-39(27-14-6-3-7-15-27)43-40(45-41)28-16-8-4-9-17-28/h3-26H,1-2H3. The van der Waals surface area contributed by atoms with E-state index < -0.39 is 0 Å². The molecule has 0 radical (unpaired) electrons. The Labute approximate surface area is 267 Å². The van der Waals surface area contributed by atoms with Crippen LogP contribution in [0.2, 0.25) is 0 Å².